The van der Waals surface area contributed by atoms with Crippen LogP contribution in [0.4, 0.5) is 4.39 Å². The summed E-state index contributed by atoms with van der Waals surface area (Å²) in [4.78, 5) is 3.42. The Labute approximate surface area is 71.4 Å². The van der Waals surface area contributed by atoms with Crippen LogP contribution in [0.25, 0.3) is 0 Å². The fourth-order valence-corrected chi connectivity index (χ4v) is 1.32. The van der Waals surface area contributed by atoms with Gasteiger partial charge < -0.3 is 0 Å². The zero-order valence-corrected chi connectivity index (χ0v) is 7.28. The Kier molecular flexibility index (Phi) is 2.63. The maximum absolute atomic E-state index is 12.5. The third kappa shape index (κ3) is 1.47. The van der Waals surface area contributed by atoms with E-state index in [1.165, 1.54) is 6.20 Å². The highest BCUT2D eigenvalue weighted by molar-refractivity contribution is 9.10. The number of alkyl halides is 1. The molecule has 0 spiro atoms. The molecule has 0 saturated carbocycles. The van der Waals surface area contributed by atoms with E-state index in [2.05, 4.69) is 20.9 Å². The van der Waals surface area contributed by atoms with Crippen LogP contribution in [0.15, 0.2) is 16.7 Å². The first kappa shape index (κ1) is 7.95. The van der Waals surface area contributed by atoms with Gasteiger partial charge in [-0.2, -0.15) is 4.39 Å². The summed E-state index contributed by atoms with van der Waals surface area (Å²) in [5.74, 6) is -0.224. The van der Waals surface area contributed by atoms with Crippen molar-refractivity contribution in [2.45, 2.75) is 5.88 Å². The molecule has 0 N–H and O–H groups in total. The molecule has 0 amide bonds. The molecule has 0 aromatic carbocycles. The number of hydrogen-bond donors (Lipinski definition) is 0. The van der Waals surface area contributed by atoms with Gasteiger partial charge in [-0.05, 0) is 27.6 Å². The second-order valence-electron chi connectivity index (χ2n) is 1.71. The molecule has 0 aliphatic rings. The number of hydrogen-bond acceptors (Lipinski definition) is 1. The van der Waals surface area contributed by atoms with Crippen molar-refractivity contribution in [3.05, 3.63) is 28.2 Å². The van der Waals surface area contributed by atoms with Crippen LogP contribution in [0.2, 0.25) is 0 Å². The van der Waals surface area contributed by atoms with Crippen LogP contribution in [0, 0.1) is 5.95 Å². The first-order chi connectivity index (χ1) is 4.75. The van der Waals surface area contributed by atoms with Gasteiger partial charge in [0.25, 0.3) is 0 Å². The summed E-state index contributed by atoms with van der Waals surface area (Å²) in [7, 11) is 0. The van der Waals surface area contributed by atoms with Crippen LogP contribution in [0.3, 0.4) is 0 Å². The SMILES string of the molecule is Fc1nccc(CCl)c1Br. The molecule has 1 rings (SSSR count). The summed E-state index contributed by atoms with van der Waals surface area (Å²) < 4.78 is 12.9. The van der Waals surface area contributed by atoms with Crippen molar-refractivity contribution in [3.63, 3.8) is 0 Å². The molecule has 0 atom stereocenters. The smallest absolute Gasteiger partial charge is 0.227 e. The van der Waals surface area contributed by atoms with Gasteiger partial charge in [-0.25, -0.2) is 4.98 Å². The van der Waals surface area contributed by atoms with E-state index in [1.54, 1.807) is 6.07 Å². The molecule has 1 nitrogen and oxygen atoms in total. The van der Waals surface area contributed by atoms with Gasteiger partial charge in [0.15, 0.2) is 0 Å². The van der Waals surface area contributed by atoms with E-state index in [1.807, 2.05) is 0 Å². The predicted octanol–water partition coefficient (Wildman–Crippen LogP) is 2.72. The van der Waals surface area contributed by atoms with Crippen molar-refractivity contribution in [2.75, 3.05) is 0 Å². The molecule has 10 heavy (non-hydrogen) atoms. The zero-order valence-electron chi connectivity index (χ0n) is 4.94. The van der Waals surface area contributed by atoms with Crippen molar-refractivity contribution in [3.8, 4) is 0 Å². The Morgan fingerprint density at radius 2 is 2.40 bits per heavy atom. The van der Waals surface area contributed by atoms with E-state index in [0.717, 1.165) is 0 Å². The second-order valence-corrected chi connectivity index (χ2v) is 2.77. The fraction of sp³-hybridized carbons (Fsp3) is 0.167. The van der Waals surface area contributed by atoms with Gasteiger partial charge in [-0.1, -0.05) is 0 Å². The zero-order chi connectivity index (χ0) is 7.56. The molecule has 1 aromatic rings. The minimum Gasteiger partial charge on any atom is -0.227 e. The van der Waals surface area contributed by atoms with Crippen molar-refractivity contribution in [1.29, 1.82) is 0 Å². The van der Waals surface area contributed by atoms with Crippen molar-refractivity contribution >= 4 is 27.5 Å². The average molecular weight is 224 g/mol. The summed E-state index contributed by atoms with van der Waals surface area (Å²) in [6.45, 7) is 0. The maximum atomic E-state index is 12.5. The Morgan fingerprint density at radius 3 is 2.90 bits per heavy atom. The normalized spacial score (nSPS) is 9.90. The topological polar surface area (TPSA) is 12.9 Å². The number of nitrogens with zero attached hydrogens (tertiary/aromatic N) is 1. The Bertz CT molecular complexity index is 241. The molecular weight excluding hydrogens is 220 g/mol. The quantitative estimate of drug-likeness (QED) is 0.528. The Balaban J connectivity index is 3.14. The van der Waals surface area contributed by atoms with Crippen molar-refractivity contribution in [1.82, 2.24) is 4.98 Å². The molecule has 0 bridgehead atoms. The van der Waals surface area contributed by atoms with Gasteiger partial charge >= 0.3 is 0 Å². The molecular formula is C6H4BrClFN. The van der Waals surface area contributed by atoms with Gasteiger partial charge in [0.05, 0.1) is 4.47 Å². The molecule has 0 radical (unpaired) electrons. The summed E-state index contributed by atoms with van der Waals surface area (Å²) in [6.07, 6.45) is 1.39. The van der Waals surface area contributed by atoms with E-state index >= 15 is 0 Å². The Morgan fingerprint density at radius 1 is 1.70 bits per heavy atom. The van der Waals surface area contributed by atoms with E-state index in [4.69, 9.17) is 11.6 Å². The van der Waals surface area contributed by atoms with E-state index in [9.17, 15) is 4.39 Å². The van der Waals surface area contributed by atoms with Crippen LogP contribution in [-0.4, -0.2) is 4.98 Å². The molecule has 0 fully saturated rings. The third-order valence-electron chi connectivity index (χ3n) is 1.07. The van der Waals surface area contributed by atoms with Crippen LogP contribution in [0.1, 0.15) is 5.56 Å². The molecule has 4 heteroatoms. The number of aromatic nitrogens is 1. The van der Waals surface area contributed by atoms with Gasteiger partial charge in [0, 0.05) is 12.1 Å². The monoisotopic (exact) mass is 223 g/mol. The molecule has 54 valence electrons. The van der Waals surface area contributed by atoms with E-state index < -0.39 is 5.95 Å². The predicted molar refractivity (Wildman–Crippen MR) is 41.5 cm³/mol. The van der Waals surface area contributed by atoms with Gasteiger partial charge in [0.2, 0.25) is 5.95 Å². The highest BCUT2D eigenvalue weighted by atomic mass is 79.9. The van der Waals surface area contributed by atoms with Crippen LogP contribution in [0.5, 0.6) is 0 Å². The average Bonchev–Trinajstić information content (AvgIpc) is 1.95. The van der Waals surface area contributed by atoms with E-state index in [-0.39, 0.29) is 0 Å². The number of halogens is 3. The van der Waals surface area contributed by atoms with Crippen molar-refractivity contribution in [2.24, 2.45) is 0 Å². The highest BCUT2D eigenvalue weighted by Crippen LogP contribution is 2.19. The lowest BCUT2D eigenvalue weighted by molar-refractivity contribution is 0.575. The first-order valence-electron chi connectivity index (χ1n) is 2.60. The fourth-order valence-electron chi connectivity index (χ4n) is 0.558. The molecule has 0 aliphatic heterocycles. The standard InChI is InChI=1S/C6H4BrClFN/c7-5-4(3-8)1-2-10-6(5)9/h1-2H,3H2. The van der Waals surface area contributed by atoms with Crippen LogP contribution >= 0.6 is 27.5 Å². The molecule has 0 aliphatic carbocycles. The Hall–Kier alpha value is -0.150. The van der Waals surface area contributed by atoms with Gasteiger partial charge in [-0.3, -0.25) is 0 Å². The molecule has 1 heterocycles. The summed E-state index contributed by atoms with van der Waals surface area (Å²) >= 11 is 8.50. The third-order valence-corrected chi connectivity index (χ3v) is 2.20. The summed E-state index contributed by atoms with van der Waals surface area (Å²) in [6, 6.07) is 1.67. The molecule has 1 aromatic heterocycles. The second kappa shape index (κ2) is 3.30. The first-order valence-corrected chi connectivity index (χ1v) is 3.93. The van der Waals surface area contributed by atoms with Gasteiger partial charge in [0.1, 0.15) is 0 Å². The largest absolute Gasteiger partial charge is 0.227 e. The minimum absolute atomic E-state index is 0.292. The summed E-state index contributed by atoms with van der Waals surface area (Å²) in [5.41, 5.74) is 0.717. The minimum atomic E-state index is -0.516. The molecule has 0 saturated heterocycles. The molecule has 0 unspecified atom stereocenters. The van der Waals surface area contributed by atoms with Crippen molar-refractivity contribution < 1.29 is 4.39 Å². The number of pyridine rings is 1. The van der Waals surface area contributed by atoms with E-state index in [0.29, 0.717) is 15.9 Å². The lowest BCUT2D eigenvalue weighted by Gasteiger charge is -1.97. The lowest BCUT2D eigenvalue weighted by Crippen LogP contribution is -1.88. The number of rotatable bonds is 1. The van der Waals surface area contributed by atoms with Gasteiger partial charge in [-0.15, -0.1) is 11.6 Å². The summed E-state index contributed by atoms with van der Waals surface area (Å²) in [5, 5.41) is 0. The maximum Gasteiger partial charge on any atom is 0.227 e. The van der Waals surface area contributed by atoms with Crippen LogP contribution < -0.4 is 0 Å². The van der Waals surface area contributed by atoms with Crippen LogP contribution in [-0.2, 0) is 5.88 Å². The highest BCUT2D eigenvalue weighted by Gasteiger charge is 2.03. The lowest BCUT2D eigenvalue weighted by atomic mass is 10.3.